The topological polar surface area (TPSA) is 50.6 Å². The predicted octanol–water partition coefficient (Wildman–Crippen LogP) is 6.23. The minimum atomic E-state index is -0.500. The van der Waals surface area contributed by atoms with Gasteiger partial charge in [-0.25, -0.2) is 4.39 Å². The first-order valence-corrected chi connectivity index (χ1v) is 11.7. The van der Waals surface area contributed by atoms with E-state index in [1.54, 1.807) is 18.3 Å². The van der Waals surface area contributed by atoms with E-state index in [1.165, 1.54) is 12.3 Å². The summed E-state index contributed by atoms with van der Waals surface area (Å²) in [5, 5.41) is 0.637. The standard InChI is InChI=1S/C25H32ClFN4O.C2H2/c1-6-17(2)24(23-15-20(26)9-12-29-23)32-25(19(4)28-5)10-13-31(14-11-25)18(3)22-8-7-21(27)16-30-22;1-2/h6-9,12,15-16,18,24H,10-11,13-14H2,1-5H3;1-2H/b17-6+,28-19?;. The van der Waals surface area contributed by atoms with Gasteiger partial charge in [0.05, 0.1) is 17.6 Å². The Bertz CT molecular complexity index is 1010. The van der Waals surface area contributed by atoms with Crippen molar-refractivity contribution in [2.24, 2.45) is 4.99 Å². The summed E-state index contributed by atoms with van der Waals surface area (Å²) in [6.45, 7) is 9.83. The molecule has 2 aromatic heterocycles. The molecule has 1 aliphatic heterocycles. The van der Waals surface area contributed by atoms with Gasteiger partial charge in [-0.1, -0.05) is 17.7 Å². The van der Waals surface area contributed by atoms with Crippen LogP contribution in [0.4, 0.5) is 4.39 Å². The third-order valence-electron chi connectivity index (χ3n) is 6.55. The SMILES string of the molecule is C#C.C/C=C(\C)C(OC1(C(C)=NC)CCN(C(C)c2ccc(F)cn2)CC1)c1cc(Cl)ccn1. The fourth-order valence-electron chi connectivity index (χ4n) is 4.19. The van der Waals surface area contributed by atoms with E-state index in [0.29, 0.717) is 5.02 Å². The van der Waals surface area contributed by atoms with Crippen molar-refractivity contribution in [3.05, 3.63) is 70.5 Å². The van der Waals surface area contributed by atoms with Crippen molar-refractivity contribution in [3.63, 3.8) is 0 Å². The molecule has 0 amide bonds. The van der Waals surface area contributed by atoms with E-state index in [4.69, 9.17) is 16.3 Å². The van der Waals surface area contributed by atoms with Crippen LogP contribution >= 0.6 is 11.6 Å². The lowest BCUT2D eigenvalue weighted by molar-refractivity contribution is -0.0750. The molecule has 0 saturated carbocycles. The molecule has 5 nitrogen and oxygen atoms in total. The van der Waals surface area contributed by atoms with Crippen LogP contribution in [-0.4, -0.2) is 46.3 Å². The highest BCUT2D eigenvalue weighted by Crippen LogP contribution is 2.38. The van der Waals surface area contributed by atoms with Crippen molar-refractivity contribution in [2.75, 3.05) is 20.1 Å². The van der Waals surface area contributed by atoms with Crippen LogP contribution in [-0.2, 0) is 4.74 Å². The molecule has 0 bridgehead atoms. The van der Waals surface area contributed by atoms with Crippen molar-refractivity contribution in [2.45, 2.75) is 58.3 Å². The number of aromatic nitrogens is 2. The van der Waals surface area contributed by atoms with Gasteiger partial charge in [0.25, 0.3) is 0 Å². The summed E-state index contributed by atoms with van der Waals surface area (Å²) in [5.74, 6) is -0.318. The van der Waals surface area contributed by atoms with Crippen LogP contribution in [0.15, 0.2) is 53.3 Å². The fraction of sp³-hybridized carbons (Fsp3) is 0.444. The normalized spacial score (nSPS) is 18.5. The second-order valence-electron chi connectivity index (χ2n) is 8.35. The van der Waals surface area contributed by atoms with E-state index in [-0.39, 0.29) is 18.0 Å². The first-order valence-electron chi connectivity index (χ1n) is 11.3. The number of allylic oxidation sites excluding steroid dienone is 1. The van der Waals surface area contributed by atoms with E-state index >= 15 is 0 Å². The molecule has 3 heterocycles. The van der Waals surface area contributed by atoms with Gasteiger partial charge in [-0.05, 0) is 70.4 Å². The number of likely N-dealkylation sites (tertiary alicyclic amines) is 1. The monoisotopic (exact) mass is 484 g/mol. The molecule has 182 valence electrons. The third-order valence-corrected chi connectivity index (χ3v) is 6.79. The van der Waals surface area contributed by atoms with Gasteiger partial charge >= 0.3 is 0 Å². The highest BCUT2D eigenvalue weighted by Gasteiger charge is 2.42. The first kappa shape index (κ1) is 27.7. The number of aliphatic imine (C=N–C) groups is 1. The molecule has 7 heteroatoms. The summed E-state index contributed by atoms with van der Waals surface area (Å²) in [6, 6.07) is 6.95. The van der Waals surface area contributed by atoms with E-state index in [2.05, 4.69) is 52.6 Å². The van der Waals surface area contributed by atoms with Gasteiger partial charge in [0.1, 0.15) is 17.5 Å². The molecule has 0 aliphatic carbocycles. The van der Waals surface area contributed by atoms with Gasteiger partial charge in [0, 0.05) is 43.1 Å². The highest BCUT2D eigenvalue weighted by atomic mass is 35.5. The molecule has 0 radical (unpaired) electrons. The molecule has 2 aromatic rings. The number of hydrogen-bond acceptors (Lipinski definition) is 5. The van der Waals surface area contributed by atoms with Crippen molar-refractivity contribution >= 4 is 17.3 Å². The maximum absolute atomic E-state index is 13.3. The molecule has 2 atom stereocenters. The number of halogens is 2. The second kappa shape index (κ2) is 12.8. The number of piperidine rings is 1. The van der Waals surface area contributed by atoms with Crippen molar-refractivity contribution in [1.29, 1.82) is 0 Å². The Labute approximate surface area is 208 Å². The van der Waals surface area contributed by atoms with E-state index < -0.39 is 5.60 Å². The number of pyridine rings is 2. The Morgan fingerprint density at radius 2 is 1.88 bits per heavy atom. The average Bonchev–Trinajstić information content (AvgIpc) is 2.88. The van der Waals surface area contributed by atoms with Gasteiger partial charge in [0.2, 0.25) is 0 Å². The first-order chi connectivity index (χ1) is 16.3. The number of ether oxygens (including phenoxy) is 1. The van der Waals surface area contributed by atoms with Crippen LogP contribution in [0.1, 0.15) is 64.1 Å². The third kappa shape index (κ3) is 6.50. The summed E-state index contributed by atoms with van der Waals surface area (Å²) < 4.78 is 20.1. The predicted molar refractivity (Wildman–Crippen MR) is 138 cm³/mol. The molecule has 34 heavy (non-hydrogen) atoms. The van der Waals surface area contributed by atoms with E-state index in [1.807, 2.05) is 27.0 Å². The Kier molecular flexibility index (Phi) is 10.4. The van der Waals surface area contributed by atoms with E-state index in [0.717, 1.165) is 48.6 Å². The van der Waals surface area contributed by atoms with E-state index in [9.17, 15) is 4.39 Å². The van der Waals surface area contributed by atoms with Crippen molar-refractivity contribution in [1.82, 2.24) is 14.9 Å². The lowest BCUT2D eigenvalue weighted by Gasteiger charge is -2.45. The molecular weight excluding hydrogens is 451 g/mol. The molecule has 0 N–H and O–H groups in total. The Morgan fingerprint density at radius 3 is 2.41 bits per heavy atom. The van der Waals surface area contributed by atoms with Gasteiger partial charge < -0.3 is 4.74 Å². The van der Waals surface area contributed by atoms with Crippen LogP contribution in [0, 0.1) is 18.7 Å². The van der Waals surface area contributed by atoms with Crippen LogP contribution in [0.2, 0.25) is 5.02 Å². The molecule has 1 fully saturated rings. The lowest BCUT2D eigenvalue weighted by atomic mass is 9.85. The quantitative estimate of drug-likeness (QED) is 0.265. The molecule has 0 aromatic carbocycles. The van der Waals surface area contributed by atoms with Crippen LogP contribution < -0.4 is 0 Å². The summed E-state index contributed by atoms with van der Waals surface area (Å²) in [4.78, 5) is 15.7. The van der Waals surface area contributed by atoms with Crippen molar-refractivity contribution < 1.29 is 9.13 Å². The fourth-order valence-corrected chi connectivity index (χ4v) is 4.36. The zero-order chi connectivity index (χ0) is 25.3. The maximum Gasteiger partial charge on any atom is 0.141 e. The molecule has 0 spiro atoms. The summed E-state index contributed by atoms with van der Waals surface area (Å²) in [6.07, 6.45) is 14.3. The number of terminal acetylenes is 1. The minimum absolute atomic E-state index is 0.0927. The Hall–Kier alpha value is -2.59. The van der Waals surface area contributed by atoms with Crippen molar-refractivity contribution in [3.8, 4) is 12.8 Å². The molecular formula is C27H34ClFN4O. The summed E-state index contributed by atoms with van der Waals surface area (Å²) in [7, 11) is 1.81. The maximum atomic E-state index is 13.3. The molecule has 1 saturated heterocycles. The average molecular weight is 485 g/mol. The number of hydrogen-bond donors (Lipinski definition) is 0. The van der Waals surface area contributed by atoms with Crippen LogP contribution in [0.3, 0.4) is 0 Å². The number of nitrogens with zero attached hydrogens (tertiary/aromatic N) is 4. The number of rotatable bonds is 7. The summed E-state index contributed by atoms with van der Waals surface area (Å²) in [5.41, 5.74) is 3.21. The molecule has 2 unspecified atom stereocenters. The summed E-state index contributed by atoms with van der Waals surface area (Å²) >= 11 is 6.25. The zero-order valence-corrected chi connectivity index (χ0v) is 21.4. The Morgan fingerprint density at radius 1 is 1.21 bits per heavy atom. The molecule has 1 aliphatic rings. The zero-order valence-electron chi connectivity index (χ0n) is 20.6. The largest absolute Gasteiger partial charge is 0.355 e. The van der Waals surface area contributed by atoms with Gasteiger partial charge in [-0.15, -0.1) is 12.8 Å². The minimum Gasteiger partial charge on any atom is -0.355 e. The van der Waals surface area contributed by atoms with Crippen LogP contribution in [0.5, 0.6) is 0 Å². The Balaban J connectivity index is 0.00000199. The van der Waals surface area contributed by atoms with Crippen LogP contribution in [0.25, 0.3) is 0 Å². The lowest BCUT2D eigenvalue weighted by Crippen LogP contribution is -2.51. The molecule has 3 rings (SSSR count). The highest BCUT2D eigenvalue weighted by molar-refractivity contribution is 6.30. The second-order valence-corrected chi connectivity index (χ2v) is 8.78. The van der Waals surface area contributed by atoms with Gasteiger partial charge in [-0.2, -0.15) is 0 Å². The smallest absolute Gasteiger partial charge is 0.141 e. The van der Waals surface area contributed by atoms with Gasteiger partial charge in [-0.3, -0.25) is 19.9 Å². The van der Waals surface area contributed by atoms with Gasteiger partial charge in [0.15, 0.2) is 0 Å².